The number of carbonyl (C=O) groups is 1. The van der Waals surface area contributed by atoms with Crippen LogP contribution < -0.4 is 0 Å². The summed E-state index contributed by atoms with van der Waals surface area (Å²) < 4.78 is 38.0. The van der Waals surface area contributed by atoms with E-state index in [1.54, 1.807) is 7.11 Å². The van der Waals surface area contributed by atoms with Gasteiger partial charge in [-0.3, -0.25) is 4.79 Å². The van der Waals surface area contributed by atoms with Crippen LogP contribution in [0.3, 0.4) is 0 Å². The van der Waals surface area contributed by atoms with E-state index >= 15 is 0 Å². The van der Waals surface area contributed by atoms with Gasteiger partial charge in [-0.05, 0) is 0 Å². The molecule has 8 heteroatoms. The number of hydrogen-bond donors (Lipinski definition) is 0. The van der Waals surface area contributed by atoms with Gasteiger partial charge in [0.2, 0.25) is 0 Å². The van der Waals surface area contributed by atoms with Gasteiger partial charge in [0.25, 0.3) is 0 Å². The number of ether oxygens (including phenoxy) is 7. The number of hydrogen-bond acceptors (Lipinski definition) is 8. The fourth-order valence-corrected chi connectivity index (χ4v) is 2.68. The highest BCUT2D eigenvalue weighted by Crippen LogP contribution is 2.30. The van der Waals surface area contributed by atoms with Gasteiger partial charge in [-0.15, -0.1) is 0 Å². The lowest BCUT2D eigenvalue weighted by Crippen LogP contribution is -2.63. The highest BCUT2D eigenvalue weighted by Gasteiger charge is 2.50. The van der Waals surface area contributed by atoms with Gasteiger partial charge in [-0.1, -0.05) is 0 Å². The minimum atomic E-state index is -0.679. The Bertz CT molecular complexity index is 337. The van der Waals surface area contributed by atoms with Crippen LogP contribution in [0.15, 0.2) is 0 Å². The molecular weight excluding hydrogens is 296 g/mol. The molecule has 1 aliphatic heterocycles. The normalized spacial score (nSPS) is 33.5. The van der Waals surface area contributed by atoms with Gasteiger partial charge in [-0.25, -0.2) is 0 Å². The number of rotatable bonds is 8. The van der Waals surface area contributed by atoms with Crippen LogP contribution in [-0.2, 0) is 38.0 Å². The van der Waals surface area contributed by atoms with E-state index in [2.05, 4.69) is 0 Å². The van der Waals surface area contributed by atoms with Gasteiger partial charge in [-0.2, -0.15) is 0 Å². The summed E-state index contributed by atoms with van der Waals surface area (Å²) in [5, 5.41) is 0. The molecular formula is C14H26O8. The molecule has 0 N–H and O–H groups in total. The Morgan fingerprint density at radius 1 is 0.955 bits per heavy atom. The summed E-state index contributed by atoms with van der Waals surface area (Å²) in [6, 6.07) is 0. The molecule has 1 fully saturated rings. The van der Waals surface area contributed by atoms with Crippen molar-refractivity contribution in [1.29, 1.82) is 0 Å². The first kappa shape index (κ1) is 19.3. The van der Waals surface area contributed by atoms with Crippen molar-refractivity contribution >= 4 is 5.97 Å². The molecule has 0 bridgehead atoms. The number of methoxy groups -OCH3 is 5. The van der Waals surface area contributed by atoms with Crippen LogP contribution >= 0.6 is 0 Å². The highest BCUT2D eigenvalue weighted by molar-refractivity contribution is 5.66. The predicted octanol–water partition coefficient (Wildman–Crippen LogP) is -0.0192. The molecule has 22 heavy (non-hydrogen) atoms. The zero-order valence-electron chi connectivity index (χ0n) is 13.9. The topological polar surface area (TPSA) is 81.7 Å². The Kier molecular flexibility index (Phi) is 8.23. The van der Waals surface area contributed by atoms with Gasteiger partial charge in [0, 0.05) is 42.5 Å². The van der Waals surface area contributed by atoms with E-state index < -0.39 is 42.8 Å². The third-order valence-electron chi connectivity index (χ3n) is 3.59. The highest BCUT2D eigenvalue weighted by atomic mass is 16.7. The first-order valence-electron chi connectivity index (χ1n) is 6.96. The molecule has 1 heterocycles. The average Bonchev–Trinajstić information content (AvgIpc) is 2.51. The Morgan fingerprint density at radius 3 is 1.95 bits per heavy atom. The first-order chi connectivity index (χ1) is 10.5. The Hall–Kier alpha value is -0.770. The minimum Gasteiger partial charge on any atom is -0.457 e. The van der Waals surface area contributed by atoms with Crippen molar-refractivity contribution in [1.82, 2.24) is 0 Å². The maximum Gasteiger partial charge on any atom is 0.303 e. The Morgan fingerprint density at radius 2 is 1.55 bits per heavy atom. The van der Waals surface area contributed by atoms with E-state index in [0.29, 0.717) is 0 Å². The first-order valence-corrected chi connectivity index (χ1v) is 6.96. The van der Waals surface area contributed by atoms with Crippen molar-refractivity contribution in [2.45, 2.75) is 43.7 Å². The van der Waals surface area contributed by atoms with Crippen molar-refractivity contribution in [3.8, 4) is 0 Å². The third kappa shape index (κ3) is 4.37. The number of esters is 1. The van der Waals surface area contributed by atoms with Crippen LogP contribution in [-0.4, -0.2) is 84.9 Å². The lowest BCUT2D eigenvalue weighted by atomic mass is 9.94. The maximum atomic E-state index is 11.3. The zero-order chi connectivity index (χ0) is 16.7. The summed E-state index contributed by atoms with van der Waals surface area (Å²) in [4.78, 5) is 11.3. The summed E-state index contributed by atoms with van der Waals surface area (Å²) in [6.07, 6.45) is -3.39. The Labute approximate surface area is 130 Å². The average molecular weight is 322 g/mol. The molecule has 6 atom stereocenters. The van der Waals surface area contributed by atoms with Crippen LogP contribution in [0.2, 0.25) is 0 Å². The number of carbonyl (C=O) groups excluding carboxylic acids is 1. The molecule has 0 radical (unpaired) electrons. The molecule has 130 valence electrons. The second kappa shape index (κ2) is 9.39. The lowest BCUT2D eigenvalue weighted by Gasteiger charge is -2.46. The summed E-state index contributed by atoms with van der Waals surface area (Å²) in [5.74, 6) is -0.433. The van der Waals surface area contributed by atoms with Gasteiger partial charge in [0.15, 0.2) is 12.4 Å². The molecule has 0 unspecified atom stereocenters. The van der Waals surface area contributed by atoms with Gasteiger partial charge in [0.05, 0.1) is 6.61 Å². The summed E-state index contributed by atoms with van der Waals surface area (Å²) in [7, 11) is 7.64. The quantitative estimate of drug-likeness (QED) is 0.577. The largest absolute Gasteiger partial charge is 0.457 e. The fourth-order valence-electron chi connectivity index (χ4n) is 2.68. The van der Waals surface area contributed by atoms with Gasteiger partial charge in [0.1, 0.15) is 24.4 Å². The molecule has 0 aromatic carbocycles. The van der Waals surface area contributed by atoms with E-state index in [1.165, 1.54) is 35.4 Å². The zero-order valence-corrected chi connectivity index (χ0v) is 13.9. The second-order valence-corrected chi connectivity index (χ2v) is 4.91. The van der Waals surface area contributed by atoms with Gasteiger partial charge >= 0.3 is 5.97 Å². The monoisotopic (exact) mass is 322 g/mol. The molecule has 1 saturated heterocycles. The minimum absolute atomic E-state index is 0.161. The molecule has 0 aromatic rings. The fraction of sp³-hybridized carbons (Fsp3) is 0.929. The van der Waals surface area contributed by atoms with Crippen LogP contribution in [0.4, 0.5) is 0 Å². The SMILES string of the molecule is COC[C@H](OC(C)=O)[C@H]1O[C@H](OC)[C@H](OC)[C@@H](OC)[C@@H]1OC. The van der Waals surface area contributed by atoms with Crippen molar-refractivity contribution in [3.63, 3.8) is 0 Å². The molecule has 1 aliphatic rings. The van der Waals surface area contributed by atoms with Crippen molar-refractivity contribution in [2.75, 3.05) is 42.2 Å². The maximum absolute atomic E-state index is 11.3. The third-order valence-corrected chi connectivity index (χ3v) is 3.59. The molecule has 0 saturated carbocycles. The molecule has 0 spiro atoms. The summed E-state index contributed by atoms with van der Waals surface area (Å²) >= 11 is 0. The van der Waals surface area contributed by atoms with E-state index in [1.807, 2.05) is 0 Å². The van der Waals surface area contributed by atoms with E-state index in [0.717, 1.165) is 0 Å². The van der Waals surface area contributed by atoms with Crippen LogP contribution in [0.1, 0.15) is 6.92 Å². The van der Waals surface area contributed by atoms with Crippen molar-refractivity contribution in [2.24, 2.45) is 0 Å². The summed E-state index contributed by atoms with van der Waals surface area (Å²) in [5.41, 5.74) is 0. The summed E-state index contributed by atoms with van der Waals surface area (Å²) in [6.45, 7) is 1.49. The van der Waals surface area contributed by atoms with E-state index in [4.69, 9.17) is 33.2 Å². The molecule has 0 amide bonds. The smallest absolute Gasteiger partial charge is 0.303 e. The van der Waals surface area contributed by atoms with Gasteiger partial charge < -0.3 is 33.2 Å². The van der Waals surface area contributed by atoms with E-state index in [-0.39, 0.29) is 6.61 Å². The predicted molar refractivity (Wildman–Crippen MR) is 75.5 cm³/mol. The van der Waals surface area contributed by atoms with Crippen molar-refractivity contribution in [3.05, 3.63) is 0 Å². The second-order valence-electron chi connectivity index (χ2n) is 4.91. The van der Waals surface area contributed by atoms with Crippen LogP contribution in [0.25, 0.3) is 0 Å². The molecule has 0 aromatic heterocycles. The molecule has 1 rings (SSSR count). The Balaban J connectivity index is 3.05. The standard InChI is InChI=1S/C14H26O8/c1-8(15)21-9(7-16-2)10-11(17-3)12(18-4)13(19-5)14(20-6)22-10/h9-14H,7H2,1-6H3/t9-,10+,11+,12-,13+,14-/m0/s1. The van der Waals surface area contributed by atoms with Crippen LogP contribution in [0.5, 0.6) is 0 Å². The van der Waals surface area contributed by atoms with E-state index in [9.17, 15) is 4.79 Å². The lowest BCUT2D eigenvalue weighted by molar-refractivity contribution is -0.317. The molecule has 8 nitrogen and oxygen atoms in total. The van der Waals surface area contributed by atoms with Crippen LogP contribution in [0, 0.1) is 0 Å². The van der Waals surface area contributed by atoms with Crippen molar-refractivity contribution < 1.29 is 38.0 Å². The molecule has 0 aliphatic carbocycles.